The van der Waals surface area contributed by atoms with Crippen LogP contribution in [0.3, 0.4) is 0 Å². The number of benzene rings is 2. The van der Waals surface area contributed by atoms with Gasteiger partial charge in [-0.15, -0.1) is 0 Å². The SMILES string of the molecule is Cc1ccc(S(=O)(=O)C2Sc3ccccc3NC2=S)cc1. The number of aryl methyl sites for hydroxylation is 1. The Bertz CT molecular complexity index is 798. The predicted octanol–water partition coefficient (Wildman–Crippen LogP) is 3.64. The van der Waals surface area contributed by atoms with Crippen LogP contribution in [-0.4, -0.2) is 18.0 Å². The zero-order valence-electron chi connectivity index (χ0n) is 11.2. The number of thiocarbonyl (C=S) groups is 1. The molecule has 1 unspecified atom stereocenters. The molecular weight excluding hydrogens is 322 g/mol. The van der Waals surface area contributed by atoms with Crippen molar-refractivity contribution in [2.75, 3.05) is 5.32 Å². The van der Waals surface area contributed by atoms with E-state index < -0.39 is 14.4 Å². The Hall–Kier alpha value is -1.37. The Morgan fingerprint density at radius 2 is 1.76 bits per heavy atom. The van der Waals surface area contributed by atoms with Crippen LogP contribution in [0.4, 0.5) is 5.69 Å². The van der Waals surface area contributed by atoms with Gasteiger partial charge in [0.05, 0.1) is 10.6 Å². The summed E-state index contributed by atoms with van der Waals surface area (Å²) in [6.45, 7) is 1.92. The van der Waals surface area contributed by atoms with E-state index in [0.717, 1.165) is 16.1 Å². The van der Waals surface area contributed by atoms with E-state index in [1.165, 1.54) is 11.8 Å². The molecule has 0 fully saturated rings. The number of thioether (sulfide) groups is 1. The Morgan fingerprint density at radius 1 is 1.10 bits per heavy atom. The first kappa shape index (κ1) is 14.6. The molecule has 0 saturated carbocycles. The van der Waals surface area contributed by atoms with E-state index in [-0.39, 0.29) is 0 Å². The molecule has 2 aromatic carbocycles. The maximum absolute atomic E-state index is 12.8. The van der Waals surface area contributed by atoms with E-state index in [2.05, 4.69) is 5.32 Å². The molecule has 6 heteroatoms. The fourth-order valence-electron chi connectivity index (χ4n) is 2.09. The van der Waals surface area contributed by atoms with Gasteiger partial charge in [-0.2, -0.15) is 0 Å². The average Bonchev–Trinajstić information content (AvgIpc) is 2.47. The van der Waals surface area contributed by atoms with Gasteiger partial charge in [0.2, 0.25) is 0 Å². The van der Waals surface area contributed by atoms with Gasteiger partial charge in [-0.05, 0) is 31.2 Å². The second-order valence-corrected chi connectivity index (χ2v) is 8.71. The third-order valence-corrected chi connectivity index (χ3v) is 7.70. The number of hydrogen-bond donors (Lipinski definition) is 1. The molecule has 0 aromatic heterocycles. The smallest absolute Gasteiger partial charge is 0.197 e. The molecule has 0 saturated heterocycles. The Labute approximate surface area is 133 Å². The van der Waals surface area contributed by atoms with Crippen LogP contribution in [0.5, 0.6) is 0 Å². The van der Waals surface area contributed by atoms with Gasteiger partial charge < -0.3 is 5.32 Å². The quantitative estimate of drug-likeness (QED) is 0.849. The molecule has 1 aliphatic rings. The van der Waals surface area contributed by atoms with Crippen molar-refractivity contribution in [1.29, 1.82) is 0 Å². The predicted molar refractivity (Wildman–Crippen MR) is 90.7 cm³/mol. The zero-order valence-corrected chi connectivity index (χ0v) is 13.7. The van der Waals surface area contributed by atoms with Crippen molar-refractivity contribution in [2.45, 2.75) is 21.3 Å². The molecule has 21 heavy (non-hydrogen) atoms. The number of rotatable bonds is 2. The molecule has 1 atom stereocenters. The Kier molecular flexibility index (Phi) is 3.77. The highest BCUT2D eigenvalue weighted by atomic mass is 32.3. The van der Waals surface area contributed by atoms with E-state index in [1.807, 2.05) is 31.2 Å². The summed E-state index contributed by atoms with van der Waals surface area (Å²) < 4.78 is 24.8. The van der Waals surface area contributed by atoms with Crippen molar-refractivity contribution >= 4 is 44.5 Å². The van der Waals surface area contributed by atoms with Gasteiger partial charge >= 0.3 is 0 Å². The average molecular weight is 335 g/mol. The second-order valence-electron chi connectivity index (χ2n) is 4.79. The lowest BCUT2D eigenvalue weighted by Crippen LogP contribution is -2.34. The zero-order chi connectivity index (χ0) is 15.0. The standard InChI is InChI=1S/C15H13NO2S3/c1-10-6-8-11(9-7-10)21(17,18)15-14(19)16-12-4-2-3-5-13(12)20-15/h2-9,15H,1H3,(H,16,19). The van der Waals surface area contributed by atoms with Crippen LogP contribution in [0, 0.1) is 6.92 Å². The summed E-state index contributed by atoms with van der Waals surface area (Å²) in [6, 6.07) is 14.4. The summed E-state index contributed by atoms with van der Waals surface area (Å²) in [5.74, 6) is 0. The molecule has 2 aromatic rings. The summed E-state index contributed by atoms with van der Waals surface area (Å²) in [5, 5.41) is 3.03. The molecule has 0 amide bonds. The highest BCUT2D eigenvalue weighted by molar-refractivity contribution is 8.15. The molecule has 0 spiro atoms. The highest BCUT2D eigenvalue weighted by Gasteiger charge is 2.35. The number of fused-ring (bicyclic) bond motifs is 1. The maximum atomic E-state index is 12.8. The van der Waals surface area contributed by atoms with Crippen LogP contribution >= 0.6 is 24.0 Å². The number of hydrogen-bond acceptors (Lipinski definition) is 4. The van der Waals surface area contributed by atoms with Gasteiger partial charge in [-0.1, -0.05) is 53.8 Å². The molecule has 1 aliphatic heterocycles. The summed E-state index contributed by atoms with van der Waals surface area (Å²) in [5.41, 5.74) is 1.89. The lowest BCUT2D eigenvalue weighted by molar-refractivity contribution is 0.598. The molecule has 1 heterocycles. The maximum Gasteiger partial charge on any atom is 0.197 e. The van der Waals surface area contributed by atoms with Crippen molar-refractivity contribution in [3.05, 3.63) is 54.1 Å². The minimum absolute atomic E-state index is 0.300. The van der Waals surface area contributed by atoms with Gasteiger partial charge in [0.15, 0.2) is 14.4 Å². The van der Waals surface area contributed by atoms with Crippen molar-refractivity contribution in [1.82, 2.24) is 0 Å². The lowest BCUT2D eigenvalue weighted by atomic mass is 10.2. The molecule has 0 aliphatic carbocycles. The topological polar surface area (TPSA) is 46.2 Å². The monoisotopic (exact) mass is 335 g/mol. The number of sulfone groups is 1. The van der Waals surface area contributed by atoms with Gasteiger partial charge in [0, 0.05) is 4.90 Å². The lowest BCUT2D eigenvalue weighted by Gasteiger charge is -2.26. The van der Waals surface area contributed by atoms with Gasteiger partial charge in [-0.25, -0.2) is 8.42 Å². The summed E-state index contributed by atoms with van der Waals surface area (Å²) in [7, 11) is -3.51. The fourth-order valence-corrected chi connectivity index (χ4v) is 5.78. The molecule has 1 N–H and O–H groups in total. The highest BCUT2D eigenvalue weighted by Crippen LogP contribution is 2.40. The van der Waals surface area contributed by atoms with Crippen molar-refractivity contribution in [3.63, 3.8) is 0 Å². The minimum Gasteiger partial charge on any atom is -0.347 e. The van der Waals surface area contributed by atoms with Crippen molar-refractivity contribution in [2.24, 2.45) is 0 Å². The van der Waals surface area contributed by atoms with E-state index in [4.69, 9.17) is 12.2 Å². The Balaban J connectivity index is 2.00. The summed E-state index contributed by atoms with van der Waals surface area (Å²) >= 11 is 6.55. The number of para-hydroxylation sites is 1. The summed E-state index contributed by atoms with van der Waals surface area (Å²) in [4.78, 5) is 1.53. The molecule has 108 valence electrons. The number of anilines is 1. The van der Waals surface area contributed by atoms with Crippen molar-refractivity contribution in [3.8, 4) is 0 Å². The van der Waals surface area contributed by atoms with Crippen LogP contribution < -0.4 is 5.32 Å². The van der Waals surface area contributed by atoms with Crippen molar-refractivity contribution < 1.29 is 8.42 Å². The molecular formula is C15H13NO2S3. The van der Waals surface area contributed by atoms with E-state index in [0.29, 0.717) is 9.88 Å². The molecule has 0 radical (unpaired) electrons. The van der Waals surface area contributed by atoms with Gasteiger partial charge in [0.1, 0.15) is 4.99 Å². The first-order chi connectivity index (χ1) is 9.98. The number of nitrogens with one attached hydrogen (secondary N) is 1. The van der Waals surface area contributed by atoms with E-state index >= 15 is 0 Å². The normalized spacial score (nSPS) is 18.0. The van der Waals surface area contributed by atoms with E-state index in [1.54, 1.807) is 24.3 Å². The fraction of sp³-hybridized carbons (Fsp3) is 0.133. The van der Waals surface area contributed by atoms with Crippen LogP contribution in [0.25, 0.3) is 0 Å². The van der Waals surface area contributed by atoms with Crippen LogP contribution in [-0.2, 0) is 9.84 Å². The van der Waals surface area contributed by atoms with Gasteiger partial charge in [0.25, 0.3) is 0 Å². The van der Waals surface area contributed by atoms with E-state index in [9.17, 15) is 8.42 Å². The van der Waals surface area contributed by atoms with Gasteiger partial charge in [-0.3, -0.25) is 0 Å². The molecule has 3 rings (SSSR count). The second kappa shape index (κ2) is 5.44. The van der Waals surface area contributed by atoms with Crippen LogP contribution in [0.1, 0.15) is 5.56 Å². The summed E-state index contributed by atoms with van der Waals surface area (Å²) in [6.07, 6.45) is 0. The molecule has 0 bridgehead atoms. The Morgan fingerprint density at radius 3 is 2.48 bits per heavy atom. The third-order valence-electron chi connectivity index (χ3n) is 3.22. The first-order valence-corrected chi connectivity index (χ1v) is 9.19. The third kappa shape index (κ3) is 2.71. The molecule has 3 nitrogen and oxygen atoms in total. The minimum atomic E-state index is -3.51. The first-order valence-electron chi connectivity index (χ1n) is 6.35. The largest absolute Gasteiger partial charge is 0.347 e. The van der Waals surface area contributed by atoms with Crippen LogP contribution in [0.2, 0.25) is 0 Å². The van der Waals surface area contributed by atoms with Crippen LogP contribution in [0.15, 0.2) is 58.3 Å².